The summed E-state index contributed by atoms with van der Waals surface area (Å²) in [5.41, 5.74) is 0. The van der Waals surface area contributed by atoms with Crippen LogP contribution >= 0.6 is 0 Å². The van der Waals surface area contributed by atoms with Crippen molar-refractivity contribution in [3.63, 3.8) is 0 Å². The Labute approximate surface area is 101 Å². The van der Waals surface area contributed by atoms with E-state index in [9.17, 15) is 0 Å². The SMILES string of the molecule is CN1C=CCN1CCO[Si](C)(C)C(C)(C)C. The first-order valence-electron chi connectivity index (χ1n) is 6.02. The lowest BCUT2D eigenvalue weighted by atomic mass is 10.2. The molecule has 0 aromatic rings. The lowest BCUT2D eigenvalue weighted by Gasteiger charge is -2.37. The molecule has 3 nitrogen and oxygen atoms in total. The highest BCUT2D eigenvalue weighted by molar-refractivity contribution is 6.74. The van der Waals surface area contributed by atoms with Gasteiger partial charge in [-0.2, -0.15) is 0 Å². The molecule has 0 aromatic carbocycles. The van der Waals surface area contributed by atoms with Gasteiger partial charge in [0.15, 0.2) is 8.32 Å². The molecule has 0 unspecified atom stereocenters. The Balaban J connectivity index is 2.30. The molecule has 1 heterocycles. The Bertz CT molecular complexity index is 258. The van der Waals surface area contributed by atoms with Crippen LogP contribution in [0.5, 0.6) is 0 Å². The van der Waals surface area contributed by atoms with Crippen LogP contribution in [-0.4, -0.2) is 45.1 Å². The third kappa shape index (κ3) is 3.33. The molecular weight excluding hydrogens is 216 g/mol. The van der Waals surface area contributed by atoms with Crippen LogP contribution in [0.1, 0.15) is 20.8 Å². The van der Waals surface area contributed by atoms with Gasteiger partial charge in [0.25, 0.3) is 0 Å². The van der Waals surface area contributed by atoms with Gasteiger partial charge in [0, 0.05) is 32.9 Å². The van der Waals surface area contributed by atoms with E-state index in [1.807, 2.05) is 0 Å². The minimum Gasteiger partial charge on any atom is -0.415 e. The zero-order chi connectivity index (χ0) is 12.4. The van der Waals surface area contributed by atoms with Crippen molar-refractivity contribution in [3.8, 4) is 0 Å². The monoisotopic (exact) mass is 242 g/mol. The van der Waals surface area contributed by atoms with Crippen molar-refractivity contribution in [2.24, 2.45) is 0 Å². The maximum Gasteiger partial charge on any atom is 0.192 e. The molecule has 1 rings (SSSR count). The lowest BCUT2D eigenvalue weighted by Crippen LogP contribution is -2.43. The third-order valence-electron chi connectivity index (χ3n) is 3.70. The Morgan fingerprint density at radius 1 is 1.31 bits per heavy atom. The summed E-state index contributed by atoms with van der Waals surface area (Å²) in [6, 6.07) is 0. The van der Waals surface area contributed by atoms with Crippen LogP contribution in [0.15, 0.2) is 12.3 Å². The van der Waals surface area contributed by atoms with E-state index >= 15 is 0 Å². The zero-order valence-corrected chi connectivity index (χ0v) is 12.6. The van der Waals surface area contributed by atoms with Gasteiger partial charge in [-0.15, -0.1) is 0 Å². The van der Waals surface area contributed by atoms with E-state index < -0.39 is 8.32 Å². The number of hydrogen-bond acceptors (Lipinski definition) is 3. The summed E-state index contributed by atoms with van der Waals surface area (Å²) in [7, 11) is 0.515. The van der Waals surface area contributed by atoms with Crippen LogP contribution in [0.2, 0.25) is 18.1 Å². The van der Waals surface area contributed by atoms with Gasteiger partial charge < -0.3 is 9.43 Å². The van der Waals surface area contributed by atoms with E-state index in [1.54, 1.807) is 0 Å². The highest BCUT2D eigenvalue weighted by Crippen LogP contribution is 2.36. The fourth-order valence-electron chi connectivity index (χ4n) is 1.42. The van der Waals surface area contributed by atoms with Crippen LogP contribution in [0.25, 0.3) is 0 Å². The molecule has 4 heteroatoms. The molecule has 0 saturated heterocycles. The maximum atomic E-state index is 6.15. The predicted molar refractivity (Wildman–Crippen MR) is 71.6 cm³/mol. The zero-order valence-electron chi connectivity index (χ0n) is 11.6. The van der Waals surface area contributed by atoms with Crippen LogP contribution in [0, 0.1) is 0 Å². The summed E-state index contributed by atoms with van der Waals surface area (Å²) in [4.78, 5) is 0. The summed E-state index contributed by atoms with van der Waals surface area (Å²) in [6.45, 7) is 14.3. The molecule has 0 radical (unpaired) electrons. The van der Waals surface area contributed by atoms with Crippen molar-refractivity contribution in [3.05, 3.63) is 12.3 Å². The van der Waals surface area contributed by atoms with Crippen LogP contribution in [0.4, 0.5) is 0 Å². The smallest absolute Gasteiger partial charge is 0.192 e. The van der Waals surface area contributed by atoms with Crippen molar-refractivity contribution in [1.82, 2.24) is 10.0 Å². The molecule has 0 bridgehead atoms. The van der Waals surface area contributed by atoms with Crippen LogP contribution in [0.3, 0.4) is 0 Å². The molecule has 0 N–H and O–H groups in total. The average Bonchev–Trinajstić information content (AvgIpc) is 2.49. The fraction of sp³-hybridized carbons (Fsp3) is 0.833. The van der Waals surface area contributed by atoms with Crippen LogP contribution < -0.4 is 0 Å². The van der Waals surface area contributed by atoms with Crippen molar-refractivity contribution in [2.45, 2.75) is 38.9 Å². The van der Waals surface area contributed by atoms with Crippen molar-refractivity contribution in [1.29, 1.82) is 0 Å². The molecule has 0 aromatic heterocycles. The van der Waals surface area contributed by atoms with E-state index in [2.05, 4.69) is 63.2 Å². The Morgan fingerprint density at radius 2 is 1.94 bits per heavy atom. The average molecular weight is 242 g/mol. The molecule has 1 aliphatic heterocycles. The molecule has 16 heavy (non-hydrogen) atoms. The van der Waals surface area contributed by atoms with Crippen molar-refractivity contribution >= 4 is 8.32 Å². The summed E-state index contributed by atoms with van der Waals surface area (Å²) >= 11 is 0. The summed E-state index contributed by atoms with van der Waals surface area (Å²) < 4.78 is 6.15. The van der Waals surface area contributed by atoms with Crippen LogP contribution in [-0.2, 0) is 4.43 Å². The molecular formula is C12H26N2OSi. The predicted octanol–water partition coefficient (Wildman–Crippen LogP) is 2.68. The first kappa shape index (κ1) is 13.7. The molecule has 94 valence electrons. The van der Waals surface area contributed by atoms with E-state index in [4.69, 9.17) is 4.43 Å². The number of hydrogen-bond donors (Lipinski definition) is 0. The van der Waals surface area contributed by atoms with E-state index in [0.717, 1.165) is 19.7 Å². The molecule has 0 spiro atoms. The van der Waals surface area contributed by atoms with Gasteiger partial charge in [0.05, 0.1) is 0 Å². The second-order valence-corrected chi connectivity index (χ2v) is 10.8. The van der Waals surface area contributed by atoms with Gasteiger partial charge in [-0.05, 0) is 18.1 Å². The van der Waals surface area contributed by atoms with Gasteiger partial charge in [-0.3, -0.25) is 0 Å². The van der Waals surface area contributed by atoms with Crippen molar-refractivity contribution < 1.29 is 4.43 Å². The first-order chi connectivity index (χ1) is 7.24. The van der Waals surface area contributed by atoms with Gasteiger partial charge in [0.2, 0.25) is 0 Å². The largest absolute Gasteiger partial charge is 0.415 e. The first-order valence-corrected chi connectivity index (χ1v) is 8.93. The van der Waals surface area contributed by atoms with Gasteiger partial charge in [-0.1, -0.05) is 26.8 Å². The standard InChI is InChI=1S/C12H26N2OSi/c1-12(2,3)16(5,6)15-11-10-14-9-7-8-13(14)4/h7-8H,9-11H2,1-6H3. The Kier molecular flexibility index (Phi) is 4.21. The van der Waals surface area contributed by atoms with E-state index in [-0.39, 0.29) is 0 Å². The Morgan fingerprint density at radius 3 is 2.38 bits per heavy atom. The lowest BCUT2D eigenvalue weighted by molar-refractivity contribution is 0.0606. The van der Waals surface area contributed by atoms with E-state index in [1.165, 1.54) is 0 Å². The Hall–Kier alpha value is -0.323. The van der Waals surface area contributed by atoms with Gasteiger partial charge in [0.1, 0.15) is 0 Å². The number of hydrazine groups is 1. The normalized spacial score (nSPS) is 18.5. The molecule has 0 saturated carbocycles. The molecule has 0 aliphatic carbocycles. The maximum absolute atomic E-state index is 6.15. The molecule has 0 amide bonds. The second kappa shape index (κ2) is 4.90. The number of rotatable bonds is 4. The van der Waals surface area contributed by atoms with E-state index in [0.29, 0.717) is 5.04 Å². The quantitative estimate of drug-likeness (QED) is 0.705. The summed E-state index contributed by atoms with van der Waals surface area (Å²) in [6.07, 6.45) is 4.28. The van der Waals surface area contributed by atoms with Gasteiger partial charge in [-0.25, -0.2) is 5.01 Å². The highest BCUT2D eigenvalue weighted by atomic mass is 28.4. The van der Waals surface area contributed by atoms with Crippen molar-refractivity contribution in [2.75, 3.05) is 26.7 Å². The summed E-state index contributed by atoms with van der Waals surface area (Å²) in [5.74, 6) is 0. The highest BCUT2D eigenvalue weighted by Gasteiger charge is 2.37. The molecule has 0 atom stereocenters. The number of nitrogens with zero attached hydrogens (tertiary/aromatic N) is 2. The minimum absolute atomic E-state index is 0.308. The summed E-state index contributed by atoms with van der Waals surface area (Å²) in [5, 5.41) is 4.73. The second-order valence-electron chi connectivity index (χ2n) is 5.98. The topological polar surface area (TPSA) is 15.7 Å². The fourth-order valence-corrected chi connectivity index (χ4v) is 2.45. The van der Waals surface area contributed by atoms with Gasteiger partial charge >= 0.3 is 0 Å². The minimum atomic E-state index is -1.56. The third-order valence-corrected chi connectivity index (χ3v) is 8.24. The molecule has 1 aliphatic rings. The molecule has 0 fully saturated rings.